The van der Waals surface area contributed by atoms with Crippen LogP contribution in [-0.2, 0) is 11.2 Å². The lowest BCUT2D eigenvalue weighted by Crippen LogP contribution is -2.49. The maximum atomic E-state index is 11.5. The van der Waals surface area contributed by atoms with Gasteiger partial charge in [0.1, 0.15) is 6.29 Å². The second-order valence-corrected chi connectivity index (χ2v) is 7.71. The number of H-pyrrole nitrogens is 1. The van der Waals surface area contributed by atoms with Crippen LogP contribution in [0.1, 0.15) is 43.0 Å². The number of piperidine rings is 1. The molecule has 2 aliphatic heterocycles. The number of aromatic nitrogens is 1. The second kappa shape index (κ2) is 5.20. The van der Waals surface area contributed by atoms with Crippen LogP contribution in [-0.4, -0.2) is 29.3 Å². The van der Waals surface area contributed by atoms with E-state index in [1.165, 1.54) is 54.4 Å². The van der Waals surface area contributed by atoms with Crippen LogP contribution in [0.4, 0.5) is 0 Å². The number of carbonyl (C=O) groups excluding carboxylic acids is 1. The lowest BCUT2D eigenvalue weighted by atomic mass is 9.66. The standard InChI is InChI=1S/C20H24N2O/c23-12-14-5-3-4-13-11-22-9-8-16-15-6-1-2-7-18(15)21-20(16)19(22)10-17(13)14/h1-2,6-7,12-14,17,19,21H,3-5,8-11H2. The first-order chi connectivity index (χ1) is 11.3. The number of carbonyl (C=O) groups is 1. The fourth-order valence-electron chi connectivity index (χ4n) is 5.57. The van der Waals surface area contributed by atoms with E-state index in [0.29, 0.717) is 17.9 Å². The van der Waals surface area contributed by atoms with Gasteiger partial charge < -0.3 is 9.78 Å². The van der Waals surface area contributed by atoms with Gasteiger partial charge in [-0.25, -0.2) is 0 Å². The van der Waals surface area contributed by atoms with Gasteiger partial charge in [0.25, 0.3) is 0 Å². The fraction of sp³-hybridized carbons (Fsp3) is 0.550. The number of rotatable bonds is 1. The van der Waals surface area contributed by atoms with Gasteiger partial charge in [0, 0.05) is 35.6 Å². The molecule has 3 heteroatoms. The van der Waals surface area contributed by atoms with Gasteiger partial charge in [-0.15, -0.1) is 0 Å². The molecule has 3 aliphatic rings. The van der Waals surface area contributed by atoms with Crippen LogP contribution < -0.4 is 0 Å². The molecule has 0 amide bonds. The Balaban J connectivity index is 1.55. The van der Waals surface area contributed by atoms with Crippen molar-refractivity contribution in [3.8, 4) is 0 Å². The smallest absolute Gasteiger partial charge is 0.123 e. The van der Waals surface area contributed by atoms with Crippen LogP contribution in [0.15, 0.2) is 24.3 Å². The highest BCUT2D eigenvalue weighted by atomic mass is 16.1. The predicted molar refractivity (Wildman–Crippen MR) is 91.3 cm³/mol. The van der Waals surface area contributed by atoms with Crippen molar-refractivity contribution in [2.24, 2.45) is 17.8 Å². The summed E-state index contributed by atoms with van der Waals surface area (Å²) in [5.74, 6) is 1.63. The molecule has 23 heavy (non-hydrogen) atoms. The first-order valence-corrected chi connectivity index (χ1v) is 9.14. The quantitative estimate of drug-likeness (QED) is 0.815. The van der Waals surface area contributed by atoms with Crippen molar-refractivity contribution in [3.63, 3.8) is 0 Å². The molecular formula is C20H24N2O. The molecule has 120 valence electrons. The molecular weight excluding hydrogens is 284 g/mol. The van der Waals surface area contributed by atoms with Gasteiger partial charge >= 0.3 is 0 Å². The number of benzene rings is 1. The Kier molecular flexibility index (Phi) is 3.12. The Morgan fingerprint density at radius 1 is 1.22 bits per heavy atom. The molecule has 3 nitrogen and oxygen atoms in total. The van der Waals surface area contributed by atoms with Crippen molar-refractivity contribution in [2.45, 2.75) is 38.1 Å². The minimum atomic E-state index is 0.297. The highest BCUT2D eigenvalue weighted by Gasteiger charge is 2.43. The molecule has 1 saturated carbocycles. The average molecular weight is 308 g/mol. The Hall–Kier alpha value is -1.61. The second-order valence-electron chi connectivity index (χ2n) is 7.71. The van der Waals surface area contributed by atoms with E-state index >= 15 is 0 Å². The van der Waals surface area contributed by atoms with Crippen LogP contribution in [0.2, 0.25) is 0 Å². The van der Waals surface area contributed by atoms with Crippen molar-refractivity contribution in [1.82, 2.24) is 9.88 Å². The van der Waals surface area contributed by atoms with Crippen LogP contribution in [0.25, 0.3) is 10.9 Å². The summed E-state index contributed by atoms with van der Waals surface area (Å²) in [6.07, 6.45) is 7.23. The third-order valence-corrected chi connectivity index (χ3v) is 6.68. The molecule has 1 aliphatic carbocycles. The Bertz CT molecular complexity index is 749. The number of aromatic amines is 1. The summed E-state index contributed by atoms with van der Waals surface area (Å²) in [5.41, 5.74) is 4.24. The SMILES string of the molecule is O=CC1CCCC2CN3CCc4c([nH]c5ccccc45)C3CC12. The lowest BCUT2D eigenvalue weighted by Gasteiger charge is -2.49. The first-order valence-electron chi connectivity index (χ1n) is 9.14. The van der Waals surface area contributed by atoms with Crippen LogP contribution in [0.5, 0.6) is 0 Å². The zero-order chi connectivity index (χ0) is 15.4. The number of aldehydes is 1. The number of hydrogen-bond donors (Lipinski definition) is 1. The number of nitrogens with one attached hydrogen (secondary N) is 1. The molecule has 5 rings (SSSR count). The molecule has 0 spiro atoms. The number of para-hydroxylation sites is 1. The minimum Gasteiger partial charge on any atom is -0.357 e. The van der Waals surface area contributed by atoms with Crippen molar-refractivity contribution in [1.29, 1.82) is 0 Å². The Morgan fingerprint density at radius 3 is 3.04 bits per heavy atom. The van der Waals surface area contributed by atoms with Crippen molar-refractivity contribution in [2.75, 3.05) is 13.1 Å². The van der Waals surface area contributed by atoms with E-state index in [9.17, 15) is 4.79 Å². The summed E-state index contributed by atoms with van der Waals surface area (Å²) >= 11 is 0. The van der Waals surface area contributed by atoms with Crippen LogP contribution >= 0.6 is 0 Å². The van der Waals surface area contributed by atoms with E-state index in [2.05, 4.69) is 34.1 Å². The summed E-state index contributed by atoms with van der Waals surface area (Å²) in [4.78, 5) is 17.9. The van der Waals surface area contributed by atoms with E-state index < -0.39 is 0 Å². The third kappa shape index (κ3) is 2.02. The predicted octanol–water partition coefficient (Wildman–Crippen LogP) is 3.70. The monoisotopic (exact) mass is 308 g/mol. The third-order valence-electron chi connectivity index (χ3n) is 6.68. The molecule has 2 aromatic rings. The maximum absolute atomic E-state index is 11.5. The molecule has 0 bridgehead atoms. The summed E-state index contributed by atoms with van der Waals surface area (Å²) < 4.78 is 0. The summed E-state index contributed by atoms with van der Waals surface area (Å²) in [5, 5.41) is 1.40. The van der Waals surface area contributed by atoms with Crippen LogP contribution in [0, 0.1) is 17.8 Å². The maximum Gasteiger partial charge on any atom is 0.123 e. The fourth-order valence-corrected chi connectivity index (χ4v) is 5.57. The lowest BCUT2D eigenvalue weighted by molar-refractivity contribution is -0.116. The van der Waals surface area contributed by atoms with Gasteiger partial charge in [-0.1, -0.05) is 24.6 Å². The first kappa shape index (κ1) is 13.8. The number of fused-ring (bicyclic) bond motifs is 6. The van der Waals surface area contributed by atoms with Crippen molar-refractivity contribution < 1.29 is 4.79 Å². The van der Waals surface area contributed by atoms with Crippen molar-refractivity contribution in [3.05, 3.63) is 35.5 Å². The van der Waals surface area contributed by atoms with Crippen LogP contribution in [0.3, 0.4) is 0 Å². The average Bonchev–Trinajstić information content (AvgIpc) is 2.98. The van der Waals surface area contributed by atoms with Gasteiger partial charge in [0.2, 0.25) is 0 Å². The molecule has 2 fully saturated rings. The molecule has 4 unspecified atom stereocenters. The van der Waals surface area contributed by atoms with E-state index in [1.807, 2.05) is 0 Å². The van der Waals surface area contributed by atoms with E-state index in [1.54, 1.807) is 0 Å². The topological polar surface area (TPSA) is 36.1 Å². The van der Waals surface area contributed by atoms with Gasteiger partial charge in [-0.3, -0.25) is 4.90 Å². The zero-order valence-electron chi connectivity index (χ0n) is 13.5. The van der Waals surface area contributed by atoms with E-state index in [4.69, 9.17) is 0 Å². The zero-order valence-corrected chi connectivity index (χ0v) is 13.5. The van der Waals surface area contributed by atoms with Gasteiger partial charge in [-0.2, -0.15) is 0 Å². The largest absolute Gasteiger partial charge is 0.357 e. The highest BCUT2D eigenvalue weighted by molar-refractivity contribution is 5.85. The van der Waals surface area contributed by atoms with Crippen molar-refractivity contribution >= 4 is 17.2 Å². The molecule has 1 saturated heterocycles. The van der Waals surface area contributed by atoms with Gasteiger partial charge in [0.15, 0.2) is 0 Å². The molecule has 1 aromatic carbocycles. The minimum absolute atomic E-state index is 0.297. The van der Waals surface area contributed by atoms with E-state index in [0.717, 1.165) is 25.2 Å². The van der Waals surface area contributed by atoms with E-state index in [-0.39, 0.29) is 0 Å². The highest BCUT2D eigenvalue weighted by Crippen LogP contribution is 2.48. The Morgan fingerprint density at radius 2 is 2.13 bits per heavy atom. The molecule has 0 radical (unpaired) electrons. The summed E-state index contributed by atoms with van der Waals surface area (Å²) in [6, 6.07) is 9.19. The van der Waals surface area contributed by atoms with Gasteiger partial charge in [0.05, 0.1) is 6.04 Å². The number of hydrogen-bond acceptors (Lipinski definition) is 2. The van der Waals surface area contributed by atoms with Gasteiger partial charge in [-0.05, 0) is 49.1 Å². The summed E-state index contributed by atoms with van der Waals surface area (Å²) in [7, 11) is 0. The number of nitrogens with zero attached hydrogens (tertiary/aromatic N) is 1. The molecule has 1 N–H and O–H groups in total. The summed E-state index contributed by atoms with van der Waals surface area (Å²) in [6.45, 7) is 2.36. The Labute approximate surface area is 137 Å². The molecule has 4 atom stereocenters. The molecule has 3 heterocycles. The normalized spacial score (nSPS) is 33.7. The molecule has 1 aromatic heterocycles.